The molecular weight excluding hydrogens is 214 g/mol. The molecule has 0 spiro atoms. The van der Waals surface area contributed by atoms with Crippen molar-refractivity contribution in [3.8, 4) is 0 Å². The molecule has 1 saturated carbocycles. The maximum atomic E-state index is 5.80. The summed E-state index contributed by atoms with van der Waals surface area (Å²) in [6, 6.07) is 4.43. The Morgan fingerprint density at radius 3 is 2.62 bits per heavy atom. The van der Waals surface area contributed by atoms with Crippen molar-refractivity contribution in [1.82, 2.24) is 0 Å². The van der Waals surface area contributed by atoms with E-state index in [2.05, 4.69) is 17.5 Å². The first-order valence-electron chi connectivity index (χ1n) is 6.57. The molecule has 0 atom stereocenters. The molecule has 2 N–H and O–H groups in total. The molecule has 0 unspecified atom stereocenters. The lowest BCUT2D eigenvalue weighted by atomic mass is 9.69. The second-order valence-electron chi connectivity index (χ2n) is 5.18. The molecule has 0 saturated heterocycles. The van der Waals surface area contributed by atoms with E-state index in [1.807, 2.05) is 11.3 Å². The summed E-state index contributed by atoms with van der Waals surface area (Å²) in [5, 5.41) is 2.19. The van der Waals surface area contributed by atoms with Gasteiger partial charge in [0, 0.05) is 4.88 Å². The van der Waals surface area contributed by atoms with Crippen molar-refractivity contribution in [3.63, 3.8) is 0 Å². The summed E-state index contributed by atoms with van der Waals surface area (Å²) in [7, 11) is 0. The molecule has 1 heterocycles. The van der Waals surface area contributed by atoms with Crippen LogP contribution >= 0.6 is 11.3 Å². The van der Waals surface area contributed by atoms with Crippen molar-refractivity contribution in [1.29, 1.82) is 0 Å². The van der Waals surface area contributed by atoms with Crippen molar-refractivity contribution in [3.05, 3.63) is 22.4 Å². The Kier molecular flexibility index (Phi) is 4.42. The van der Waals surface area contributed by atoms with Crippen molar-refractivity contribution in [2.45, 2.75) is 51.4 Å². The van der Waals surface area contributed by atoms with Gasteiger partial charge in [0.1, 0.15) is 0 Å². The molecule has 16 heavy (non-hydrogen) atoms. The number of nitrogens with two attached hydrogens (primary N) is 1. The topological polar surface area (TPSA) is 26.0 Å². The fourth-order valence-corrected chi connectivity index (χ4v) is 3.79. The zero-order valence-corrected chi connectivity index (χ0v) is 10.9. The average molecular weight is 237 g/mol. The lowest BCUT2D eigenvalue weighted by Gasteiger charge is -2.37. The van der Waals surface area contributed by atoms with Gasteiger partial charge in [-0.15, -0.1) is 11.3 Å². The Labute approximate surface area is 103 Å². The Bertz CT molecular complexity index is 280. The van der Waals surface area contributed by atoms with Crippen molar-refractivity contribution >= 4 is 11.3 Å². The minimum absolute atomic E-state index is 0.580. The maximum Gasteiger partial charge on any atom is 0.00454 e. The third-order valence-corrected chi connectivity index (χ3v) is 5.01. The Morgan fingerprint density at radius 1 is 1.19 bits per heavy atom. The first-order valence-corrected chi connectivity index (χ1v) is 7.45. The molecule has 1 aromatic rings. The largest absolute Gasteiger partial charge is 0.330 e. The van der Waals surface area contributed by atoms with E-state index in [0.29, 0.717) is 5.41 Å². The van der Waals surface area contributed by atoms with Crippen LogP contribution in [0.25, 0.3) is 0 Å². The smallest absolute Gasteiger partial charge is 0.00454 e. The molecule has 0 radical (unpaired) electrons. The van der Waals surface area contributed by atoms with E-state index >= 15 is 0 Å². The fourth-order valence-electron chi connectivity index (χ4n) is 3.08. The number of thiophene rings is 1. The van der Waals surface area contributed by atoms with Gasteiger partial charge in [-0.25, -0.2) is 0 Å². The van der Waals surface area contributed by atoms with E-state index in [4.69, 9.17) is 5.73 Å². The molecule has 90 valence electrons. The zero-order chi connectivity index (χ0) is 11.3. The van der Waals surface area contributed by atoms with Crippen LogP contribution in [0.4, 0.5) is 0 Å². The first-order chi connectivity index (χ1) is 7.85. The second kappa shape index (κ2) is 5.83. The van der Waals surface area contributed by atoms with Crippen molar-refractivity contribution in [2.75, 3.05) is 6.54 Å². The summed E-state index contributed by atoms with van der Waals surface area (Å²) in [6.45, 7) is 0.866. The number of hydrogen-bond donors (Lipinski definition) is 1. The standard InChI is InChI=1S/C14H23NS/c15-11-10-14(7-2-1-3-8-14)9-6-13-5-4-12-16-13/h4-5,12H,1-3,6-11,15H2. The monoisotopic (exact) mass is 237 g/mol. The molecule has 0 amide bonds. The van der Waals surface area contributed by atoms with Gasteiger partial charge in [0.2, 0.25) is 0 Å². The van der Waals surface area contributed by atoms with Crippen LogP contribution in [0.3, 0.4) is 0 Å². The van der Waals surface area contributed by atoms with Gasteiger partial charge in [0.25, 0.3) is 0 Å². The maximum absolute atomic E-state index is 5.80. The van der Waals surface area contributed by atoms with Gasteiger partial charge in [0.05, 0.1) is 0 Å². The van der Waals surface area contributed by atoms with Crippen molar-refractivity contribution < 1.29 is 0 Å². The predicted octanol–water partition coefficient (Wildman–Crippen LogP) is 3.98. The summed E-state index contributed by atoms with van der Waals surface area (Å²) in [6.07, 6.45) is 11.0. The van der Waals surface area contributed by atoms with E-state index in [1.165, 1.54) is 51.4 Å². The highest BCUT2D eigenvalue weighted by atomic mass is 32.1. The highest BCUT2D eigenvalue weighted by Crippen LogP contribution is 2.42. The molecule has 1 aliphatic rings. The van der Waals surface area contributed by atoms with Crippen LogP contribution in [0.15, 0.2) is 17.5 Å². The third kappa shape index (κ3) is 3.08. The summed E-state index contributed by atoms with van der Waals surface area (Å²) >= 11 is 1.90. The van der Waals surface area contributed by atoms with Crippen LogP contribution in [-0.2, 0) is 6.42 Å². The molecule has 1 nitrogen and oxygen atoms in total. The summed E-state index contributed by atoms with van der Waals surface area (Å²) in [4.78, 5) is 1.54. The van der Waals surface area contributed by atoms with Gasteiger partial charge in [-0.3, -0.25) is 0 Å². The van der Waals surface area contributed by atoms with Gasteiger partial charge in [-0.2, -0.15) is 0 Å². The lowest BCUT2D eigenvalue weighted by Crippen LogP contribution is -2.27. The van der Waals surface area contributed by atoms with Gasteiger partial charge in [0.15, 0.2) is 0 Å². The molecule has 0 bridgehead atoms. The van der Waals surface area contributed by atoms with E-state index in [9.17, 15) is 0 Å². The van der Waals surface area contributed by atoms with E-state index < -0.39 is 0 Å². The SMILES string of the molecule is NCCC1(CCc2cccs2)CCCCC1. The van der Waals surface area contributed by atoms with Gasteiger partial charge >= 0.3 is 0 Å². The molecule has 2 rings (SSSR count). The molecule has 1 aliphatic carbocycles. The summed E-state index contributed by atoms with van der Waals surface area (Å²) < 4.78 is 0. The Balaban J connectivity index is 1.91. The van der Waals surface area contributed by atoms with E-state index in [0.717, 1.165) is 6.54 Å². The van der Waals surface area contributed by atoms with E-state index in [1.54, 1.807) is 4.88 Å². The molecule has 2 heteroatoms. The van der Waals surface area contributed by atoms with Gasteiger partial charge < -0.3 is 5.73 Å². The van der Waals surface area contributed by atoms with E-state index in [-0.39, 0.29) is 0 Å². The predicted molar refractivity (Wildman–Crippen MR) is 71.8 cm³/mol. The minimum atomic E-state index is 0.580. The molecule has 1 aromatic heterocycles. The average Bonchev–Trinajstić information content (AvgIpc) is 2.81. The van der Waals surface area contributed by atoms with Crippen LogP contribution in [0, 0.1) is 5.41 Å². The number of aryl methyl sites for hydroxylation is 1. The van der Waals surface area contributed by atoms with Crippen molar-refractivity contribution in [2.24, 2.45) is 11.1 Å². The van der Waals surface area contributed by atoms with Crippen LogP contribution < -0.4 is 5.73 Å². The highest BCUT2D eigenvalue weighted by Gasteiger charge is 2.30. The molecule has 0 aromatic carbocycles. The molecule has 1 fully saturated rings. The second-order valence-corrected chi connectivity index (χ2v) is 6.21. The lowest BCUT2D eigenvalue weighted by molar-refractivity contribution is 0.161. The number of hydrogen-bond acceptors (Lipinski definition) is 2. The summed E-state index contributed by atoms with van der Waals surface area (Å²) in [5.41, 5.74) is 6.38. The third-order valence-electron chi connectivity index (χ3n) is 4.07. The highest BCUT2D eigenvalue weighted by molar-refractivity contribution is 7.09. The Morgan fingerprint density at radius 2 is 2.00 bits per heavy atom. The summed E-state index contributed by atoms with van der Waals surface area (Å²) in [5.74, 6) is 0. The Hall–Kier alpha value is -0.340. The van der Waals surface area contributed by atoms with Gasteiger partial charge in [-0.1, -0.05) is 25.3 Å². The zero-order valence-electron chi connectivity index (χ0n) is 10.1. The first kappa shape index (κ1) is 12.1. The fraction of sp³-hybridized carbons (Fsp3) is 0.714. The normalized spacial score (nSPS) is 19.8. The van der Waals surface area contributed by atoms with Crippen LogP contribution in [0.2, 0.25) is 0 Å². The molecular formula is C14H23NS. The quantitative estimate of drug-likeness (QED) is 0.823. The van der Waals surface area contributed by atoms with Crippen LogP contribution in [0.1, 0.15) is 49.8 Å². The van der Waals surface area contributed by atoms with Crippen LogP contribution in [-0.4, -0.2) is 6.54 Å². The van der Waals surface area contributed by atoms with Crippen LogP contribution in [0.5, 0.6) is 0 Å². The number of rotatable bonds is 5. The minimum Gasteiger partial charge on any atom is -0.330 e. The van der Waals surface area contributed by atoms with Gasteiger partial charge in [-0.05, 0) is 55.5 Å². The molecule has 0 aliphatic heterocycles.